The van der Waals surface area contributed by atoms with Crippen molar-refractivity contribution in [2.75, 3.05) is 112 Å². The second-order valence-electron chi connectivity index (χ2n) is 20.4. The predicted molar refractivity (Wildman–Crippen MR) is 280 cm³/mol. The Hall–Kier alpha value is -4.23. The maximum Gasteiger partial charge on any atom is 0.409 e. The molecule has 6 rings (SSSR count). The van der Waals surface area contributed by atoms with E-state index in [0.29, 0.717) is 90.8 Å². The summed E-state index contributed by atoms with van der Waals surface area (Å²) >= 11 is 0. The van der Waals surface area contributed by atoms with Crippen LogP contribution in [0.2, 0.25) is 0 Å². The lowest BCUT2D eigenvalue weighted by molar-refractivity contribution is -0.158. The predicted octanol–water partition coefficient (Wildman–Crippen LogP) is 8.01. The summed E-state index contributed by atoms with van der Waals surface area (Å²) in [7, 11) is 0. The number of hydrogen-bond donors (Lipinski definition) is 2. The summed E-state index contributed by atoms with van der Waals surface area (Å²) in [6, 6.07) is 0.953. The molecule has 0 aromatic heterocycles. The normalized spacial score (nSPS) is 23.2. The van der Waals surface area contributed by atoms with Crippen molar-refractivity contribution in [2.24, 2.45) is 16.2 Å². The summed E-state index contributed by atoms with van der Waals surface area (Å²) in [5.74, 6) is -0.529. The van der Waals surface area contributed by atoms with E-state index in [0.717, 1.165) is 136 Å². The molecule has 6 aliphatic heterocycles. The largest absolute Gasteiger partial charge is 0.481 e. The topological polar surface area (TPSA) is 214 Å². The molecule has 0 bridgehead atoms. The van der Waals surface area contributed by atoms with Crippen LogP contribution in [0.1, 0.15) is 167 Å². The number of nitrogens with zero attached hydrogens (tertiary/aromatic N) is 5. The number of Topliss-reactive ketones (excluding diaryl/α,β-unsaturated/α-hetero) is 1. The monoisotopic (exact) mass is 1040 g/mol. The Kier molecular flexibility index (Phi) is 29.7. The zero-order valence-electron chi connectivity index (χ0n) is 47.6. The first kappa shape index (κ1) is 63.1. The van der Waals surface area contributed by atoms with Gasteiger partial charge in [0.05, 0.1) is 49.3 Å². The number of carbonyl (C=O) groups is 7. The minimum atomic E-state index is -0.679. The van der Waals surface area contributed by atoms with Gasteiger partial charge in [-0.1, -0.05) is 13.8 Å². The molecule has 73 heavy (non-hydrogen) atoms. The lowest BCUT2D eigenvalue weighted by atomic mass is 9.80. The zero-order valence-corrected chi connectivity index (χ0v) is 46.6. The molecule has 0 aromatic rings. The average molecular weight is 1040 g/mol. The molecule has 0 aliphatic carbocycles. The van der Waals surface area contributed by atoms with Crippen molar-refractivity contribution >= 4 is 42.0 Å². The standard InChI is InChI=1S/C18H32N2O4.C16H28N2O4.C9H15NO3.C9H17NO2.C2H6/c1-4-23-16(21)18(3)9-13-19(14-10-18)15-7-6-11-20(12-8-15)17(22)24-5-2;1-3-22-15(21)18-9-4-5-13(6-10-18)17-11-7-16(2,8-12-17)14(19)20;1-2-13-9(12)10-6-3-4-8(11)5-7-10;1-3-12-8(11)9(2)4-6-10-7-5-9;1-2/h15H,4-14H2,1-3H3;13H,3-12H2,1-2H3,(H,19,20);2-7H2,1H3;10H,3-7H2,1-2H3;1-2H3/i;;;;1D. The molecule has 6 fully saturated rings. The van der Waals surface area contributed by atoms with E-state index in [2.05, 4.69) is 15.1 Å². The van der Waals surface area contributed by atoms with Crippen LogP contribution < -0.4 is 5.32 Å². The third-order valence-corrected chi connectivity index (χ3v) is 15.1. The number of ketones is 1. The van der Waals surface area contributed by atoms with Crippen molar-refractivity contribution in [3.05, 3.63) is 0 Å². The molecule has 2 unspecified atom stereocenters. The van der Waals surface area contributed by atoms with Crippen LogP contribution in [0, 0.1) is 16.2 Å². The van der Waals surface area contributed by atoms with E-state index < -0.39 is 11.4 Å². The second kappa shape index (κ2) is 34.4. The van der Waals surface area contributed by atoms with Crippen LogP contribution in [0.25, 0.3) is 0 Å². The van der Waals surface area contributed by atoms with Crippen molar-refractivity contribution in [1.82, 2.24) is 29.8 Å². The summed E-state index contributed by atoms with van der Waals surface area (Å²) in [4.78, 5) is 91.1. The van der Waals surface area contributed by atoms with Crippen LogP contribution in [-0.2, 0) is 42.9 Å². The Morgan fingerprint density at radius 3 is 1.26 bits per heavy atom. The summed E-state index contributed by atoms with van der Waals surface area (Å²) < 4.78 is 31.5. The van der Waals surface area contributed by atoms with Crippen LogP contribution in [0.3, 0.4) is 0 Å². The number of amides is 3. The Bertz CT molecular complexity index is 1690. The van der Waals surface area contributed by atoms with Crippen molar-refractivity contribution in [1.29, 1.82) is 0 Å². The van der Waals surface area contributed by atoms with Crippen LogP contribution in [0.15, 0.2) is 0 Å². The van der Waals surface area contributed by atoms with Gasteiger partial charge >= 0.3 is 36.2 Å². The molecule has 0 aromatic carbocycles. The third kappa shape index (κ3) is 21.9. The van der Waals surface area contributed by atoms with Crippen molar-refractivity contribution in [3.63, 3.8) is 0 Å². The van der Waals surface area contributed by atoms with E-state index in [1.165, 1.54) is 0 Å². The number of carboxylic acid groups (broad SMARTS) is 1. The van der Waals surface area contributed by atoms with E-state index in [4.69, 9.17) is 25.1 Å². The maximum absolute atomic E-state index is 12.1. The van der Waals surface area contributed by atoms with Gasteiger partial charge in [0.1, 0.15) is 5.78 Å². The fraction of sp³-hybridized carbons (Fsp3) is 0.870. The Labute approximate surface area is 439 Å². The number of carboxylic acids is 1. The first-order valence-corrected chi connectivity index (χ1v) is 27.6. The lowest BCUT2D eigenvalue weighted by Gasteiger charge is -2.41. The van der Waals surface area contributed by atoms with Gasteiger partial charge in [-0.3, -0.25) is 19.2 Å². The lowest BCUT2D eigenvalue weighted by Crippen LogP contribution is -2.47. The first-order valence-electron chi connectivity index (χ1n) is 28.3. The van der Waals surface area contributed by atoms with E-state index >= 15 is 0 Å². The minimum Gasteiger partial charge on any atom is -0.481 e. The smallest absolute Gasteiger partial charge is 0.409 e. The zero-order chi connectivity index (χ0) is 55.2. The number of rotatable bonds is 10. The van der Waals surface area contributed by atoms with Gasteiger partial charge in [-0.2, -0.15) is 0 Å². The van der Waals surface area contributed by atoms with E-state index in [-0.39, 0.29) is 46.8 Å². The van der Waals surface area contributed by atoms with Gasteiger partial charge in [0, 0.05) is 65.6 Å². The van der Waals surface area contributed by atoms with Crippen LogP contribution in [0.5, 0.6) is 0 Å². The highest BCUT2D eigenvalue weighted by Gasteiger charge is 2.41. The molecule has 3 amide bonds. The highest BCUT2D eigenvalue weighted by molar-refractivity contribution is 5.80. The fourth-order valence-electron chi connectivity index (χ4n) is 10.0. The number of aliphatic carboxylic acids is 1. The molecular formula is C54H98N6O13. The number of likely N-dealkylation sites (tertiary alicyclic amines) is 5. The molecule has 6 heterocycles. The van der Waals surface area contributed by atoms with Crippen molar-refractivity contribution in [3.8, 4) is 0 Å². The maximum atomic E-state index is 12.1. The summed E-state index contributed by atoms with van der Waals surface area (Å²) in [5.41, 5.74) is -1.15. The van der Waals surface area contributed by atoms with E-state index in [1.54, 1.807) is 23.6 Å². The van der Waals surface area contributed by atoms with Gasteiger partial charge in [-0.15, -0.1) is 0 Å². The molecule has 6 aliphatic rings. The highest BCUT2D eigenvalue weighted by Crippen LogP contribution is 2.35. The highest BCUT2D eigenvalue weighted by atomic mass is 16.6. The van der Waals surface area contributed by atoms with Gasteiger partial charge < -0.3 is 58.6 Å². The molecule has 0 radical (unpaired) electrons. The number of hydrogen-bond acceptors (Lipinski definition) is 15. The number of ether oxygens (including phenoxy) is 5. The Balaban J connectivity index is 0.000000344. The minimum absolute atomic E-state index is 0.0356. The quantitative estimate of drug-likeness (QED) is 0.157. The fourth-order valence-corrected chi connectivity index (χ4v) is 10.0. The third-order valence-electron chi connectivity index (χ3n) is 15.1. The SMILES string of the molecule is CCOC(=O)C1(C)CCNCC1.CCOC(=O)N1CCCC(=O)CC1.CCOC(=O)N1CCCC(N2CCC(C)(C(=O)O)CC2)CC1.CCOC(=O)N1CCCC(N2CCC(C)(C(=O)OCC)CC2)CC1.[2H]CC. The molecule has 19 heteroatoms. The van der Waals surface area contributed by atoms with Gasteiger partial charge in [-0.25, -0.2) is 14.4 Å². The molecule has 6 saturated heterocycles. The summed E-state index contributed by atoms with van der Waals surface area (Å²) in [6.45, 7) is 29.1. The molecule has 0 spiro atoms. The van der Waals surface area contributed by atoms with Gasteiger partial charge in [-0.05, 0) is 178 Å². The molecule has 0 saturated carbocycles. The molecule has 2 N–H and O–H groups in total. The van der Waals surface area contributed by atoms with Gasteiger partial charge in [0.25, 0.3) is 0 Å². The summed E-state index contributed by atoms with van der Waals surface area (Å²) in [5, 5.41) is 12.5. The van der Waals surface area contributed by atoms with Crippen LogP contribution >= 0.6 is 0 Å². The molecular weight excluding hydrogens is 941 g/mol. The second-order valence-corrected chi connectivity index (χ2v) is 20.4. The van der Waals surface area contributed by atoms with Gasteiger partial charge in [0.2, 0.25) is 0 Å². The first-order chi connectivity index (χ1) is 35.3. The molecule has 2 atom stereocenters. The number of piperidine rings is 3. The number of esters is 2. The number of nitrogens with one attached hydrogen (secondary N) is 1. The Morgan fingerprint density at radius 2 is 0.877 bits per heavy atom. The van der Waals surface area contributed by atoms with Gasteiger partial charge in [0.15, 0.2) is 0 Å². The number of carbonyl (C=O) groups excluding carboxylic acids is 6. The molecule has 422 valence electrons. The molecule has 19 nitrogen and oxygen atoms in total. The van der Waals surface area contributed by atoms with E-state index in [9.17, 15) is 38.7 Å². The average Bonchev–Trinajstić information content (AvgIpc) is 3.89. The van der Waals surface area contributed by atoms with Crippen LogP contribution in [0.4, 0.5) is 14.4 Å². The van der Waals surface area contributed by atoms with Crippen molar-refractivity contribution < 1.29 is 63.7 Å². The van der Waals surface area contributed by atoms with E-state index in [1.807, 2.05) is 53.4 Å². The summed E-state index contributed by atoms with van der Waals surface area (Å²) in [6.07, 6.45) is 12.1. The Morgan fingerprint density at radius 1 is 0.521 bits per heavy atom. The van der Waals surface area contributed by atoms with Crippen LogP contribution in [-0.4, -0.2) is 195 Å². The van der Waals surface area contributed by atoms with Crippen molar-refractivity contribution in [2.45, 2.75) is 178 Å².